The Morgan fingerprint density at radius 2 is 1.89 bits per heavy atom. The van der Waals surface area contributed by atoms with E-state index in [1.165, 1.54) is 16.2 Å². The van der Waals surface area contributed by atoms with Gasteiger partial charge in [-0.2, -0.15) is 0 Å². The van der Waals surface area contributed by atoms with Gasteiger partial charge in [0.05, 0.1) is 42.2 Å². The Morgan fingerprint density at radius 3 is 2.67 bits per heavy atom. The summed E-state index contributed by atoms with van der Waals surface area (Å²) in [6, 6.07) is 15.2. The van der Waals surface area contributed by atoms with E-state index in [4.69, 9.17) is 23.9 Å². The maximum atomic E-state index is 13.8. The molecule has 0 saturated carbocycles. The highest BCUT2D eigenvalue weighted by atomic mass is 32.1. The molecule has 1 aromatic heterocycles. The summed E-state index contributed by atoms with van der Waals surface area (Å²) in [6.07, 6.45) is 3.74. The van der Waals surface area contributed by atoms with E-state index in [9.17, 15) is 14.7 Å². The summed E-state index contributed by atoms with van der Waals surface area (Å²) in [7, 11) is 1.55. The molecule has 1 amide bonds. The summed E-state index contributed by atoms with van der Waals surface area (Å²) in [4.78, 5) is 33.8. The topological polar surface area (TPSA) is 107 Å². The number of anilines is 1. The molecule has 2 atom stereocenters. The van der Waals surface area contributed by atoms with Crippen molar-refractivity contribution in [3.05, 3.63) is 76.9 Å². The Bertz CT molecular complexity index is 1800. The quantitative estimate of drug-likeness (QED) is 0.0803. The van der Waals surface area contributed by atoms with Crippen LogP contribution in [-0.4, -0.2) is 48.2 Å². The van der Waals surface area contributed by atoms with Gasteiger partial charge in [-0.1, -0.05) is 37.2 Å². The fourth-order valence-corrected chi connectivity index (χ4v) is 6.85. The zero-order chi connectivity index (χ0) is 31.7. The maximum absolute atomic E-state index is 13.8. The van der Waals surface area contributed by atoms with Crippen LogP contribution in [-0.2, 0) is 16.0 Å². The van der Waals surface area contributed by atoms with Crippen molar-refractivity contribution < 1.29 is 33.6 Å². The molecule has 0 bridgehead atoms. The standard InChI is InChI=1S/C35H36N2O7S/c1-5-7-8-15-43-27-14-9-21(18-28(27)41-4)31-30(32(38)22-10-13-26-23(17-22)16-20(3)44-26)33(39)34(40)37(31)35-36-25-12-11-24(42-6-2)19-29(25)45-35/h9-14,17-20,31,38H,5-8,15-16H2,1-4H3/b32-30-. The van der Waals surface area contributed by atoms with Crippen LogP contribution >= 0.6 is 11.3 Å². The van der Waals surface area contributed by atoms with E-state index in [0.29, 0.717) is 58.7 Å². The van der Waals surface area contributed by atoms with E-state index in [2.05, 4.69) is 6.92 Å². The van der Waals surface area contributed by atoms with Gasteiger partial charge in [-0.25, -0.2) is 4.98 Å². The number of ketones is 1. The number of aromatic nitrogens is 1. The zero-order valence-electron chi connectivity index (χ0n) is 25.8. The first-order valence-electron chi connectivity index (χ1n) is 15.3. The smallest absolute Gasteiger partial charge is 0.301 e. The first-order valence-corrected chi connectivity index (χ1v) is 16.1. The number of aliphatic hydroxyl groups is 1. The van der Waals surface area contributed by atoms with Crippen LogP contribution < -0.4 is 23.8 Å². The number of rotatable bonds is 11. The Kier molecular flexibility index (Phi) is 8.67. The number of hydrogen-bond donors (Lipinski definition) is 1. The van der Waals surface area contributed by atoms with Gasteiger partial charge in [0.2, 0.25) is 0 Å². The van der Waals surface area contributed by atoms with Crippen LogP contribution in [0.25, 0.3) is 16.0 Å². The average Bonchev–Trinajstić information content (AvgIpc) is 3.70. The van der Waals surface area contributed by atoms with Crippen LogP contribution in [0.5, 0.6) is 23.0 Å². The molecule has 45 heavy (non-hydrogen) atoms. The predicted octanol–water partition coefficient (Wildman–Crippen LogP) is 7.22. The Hall–Kier alpha value is -4.57. The van der Waals surface area contributed by atoms with E-state index in [1.807, 2.05) is 38.1 Å². The third-order valence-corrected chi connectivity index (χ3v) is 9.01. The second-order valence-electron chi connectivity index (χ2n) is 11.1. The molecular formula is C35H36N2O7S. The molecule has 2 aliphatic heterocycles. The molecule has 0 spiro atoms. The minimum Gasteiger partial charge on any atom is -0.507 e. The Balaban J connectivity index is 1.47. The van der Waals surface area contributed by atoms with Crippen LogP contribution in [0.3, 0.4) is 0 Å². The predicted molar refractivity (Wildman–Crippen MR) is 174 cm³/mol. The fraction of sp³-hybridized carbons (Fsp3) is 0.343. The van der Waals surface area contributed by atoms with E-state index in [1.54, 1.807) is 37.4 Å². The van der Waals surface area contributed by atoms with Gasteiger partial charge >= 0.3 is 5.91 Å². The van der Waals surface area contributed by atoms with Gasteiger partial charge in [0, 0.05) is 12.0 Å². The molecule has 2 unspecified atom stereocenters. The normalized spacial score (nSPS) is 18.7. The fourth-order valence-electron chi connectivity index (χ4n) is 5.83. The largest absolute Gasteiger partial charge is 0.507 e. The number of thiazole rings is 1. The highest BCUT2D eigenvalue weighted by Crippen LogP contribution is 2.46. The van der Waals surface area contributed by atoms with Gasteiger partial charge in [0.25, 0.3) is 5.78 Å². The summed E-state index contributed by atoms with van der Waals surface area (Å²) in [5.74, 6) is 0.624. The number of methoxy groups -OCH3 is 1. The Labute approximate surface area is 266 Å². The molecule has 6 rings (SSSR count). The molecule has 3 heterocycles. The molecule has 0 radical (unpaired) electrons. The third-order valence-electron chi connectivity index (χ3n) is 7.99. The van der Waals surface area contributed by atoms with E-state index < -0.39 is 17.7 Å². The summed E-state index contributed by atoms with van der Waals surface area (Å²) < 4.78 is 24.0. The number of carbonyl (C=O) groups excluding carboxylic acids is 2. The van der Waals surface area contributed by atoms with Gasteiger partial charge in [-0.05, 0) is 79.9 Å². The lowest BCUT2D eigenvalue weighted by Gasteiger charge is -2.24. The van der Waals surface area contributed by atoms with Crippen LogP contribution in [0.4, 0.5) is 5.13 Å². The molecule has 1 N–H and O–H groups in total. The van der Waals surface area contributed by atoms with E-state index in [0.717, 1.165) is 35.3 Å². The second-order valence-corrected chi connectivity index (χ2v) is 12.2. The second kappa shape index (κ2) is 12.8. The molecule has 1 saturated heterocycles. The summed E-state index contributed by atoms with van der Waals surface area (Å²) in [6.45, 7) is 7.07. The number of fused-ring (bicyclic) bond motifs is 2. The molecule has 2 aliphatic rings. The van der Waals surface area contributed by atoms with Crippen molar-refractivity contribution in [1.82, 2.24) is 4.98 Å². The van der Waals surface area contributed by atoms with Crippen molar-refractivity contribution in [1.29, 1.82) is 0 Å². The lowest BCUT2D eigenvalue weighted by atomic mass is 9.94. The minimum atomic E-state index is -0.969. The van der Waals surface area contributed by atoms with Crippen LogP contribution in [0, 0.1) is 0 Å². The van der Waals surface area contributed by atoms with Gasteiger partial charge in [0.15, 0.2) is 16.6 Å². The molecule has 9 nitrogen and oxygen atoms in total. The number of hydrogen-bond acceptors (Lipinski definition) is 9. The first kappa shape index (κ1) is 30.5. The monoisotopic (exact) mass is 628 g/mol. The average molecular weight is 629 g/mol. The molecule has 234 valence electrons. The highest BCUT2D eigenvalue weighted by molar-refractivity contribution is 7.22. The summed E-state index contributed by atoms with van der Waals surface area (Å²) in [5, 5.41) is 12.1. The third kappa shape index (κ3) is 5.82. The maximum Gasteiger partial charge on any atom is 0.301 e. The molecule has 1 fully saturated rings. The minimum absolute atomic E-state index is 0.0143. The SMILES string of the molecule is CCCCCOc1ccc(C2/C(=C(/O)c3ccc4c(c3)CC(C)O4)C(=O)C(=O)N2c2nc3ccc(OCC)cc3s2)cc1OC. The number of unbranched alkanes of at least 4 members (excludes halogenated alkanes) is 2. The number of Topliss-reactive ketones (excluding diaryl/α,β-unsaturated/α-hetero) is 1. The van der Waals surface area contributed by atoms with Crippen molar-refractivity contribution in [2.75, 3.05) is 25.2 Å². The van der Waals surface area contributed by atoms with Crippen molar-refractivity contribution in [3.8, 4) is 23.0 Å². The number of ether oxygens (including phenoxy) is 4. The number of amides is 1. The molecule has 0 aliphatic carbocycles. The van der Waals surface area contributed by atoms with Gasteiger partial charge in [-0.15, -0.1) is 0 Å². The lowest BCUT2D eigenvalue weighted by Crippen LogP contribution is -2.29. The van der Waals surface area contributed by atoms with E-state index in [-0.39, 0.29) is 17.4 Å². The number of nitrogens with zero attached hydrogens (tertiary/aromatic N) is 2. The lowest BCUT2D eigenvalue weighted by molar-refractivity contribution is -0.132. The molecule has 4 aromatic rings. The van der Waals surface area contributed by atoms with Crippen LogP contribution in [0.1, 0.15) is 62.8 Å². The molecule has 3 aromatic carbocycles. The van der Waals surface area contributed by atoms with Gasteiger partial charge in [-0.3, -0.25) is 14.5 Å². The highest BCUT2D eigenvalue weighted by Gasteiger charge is 2.48. The van der Waals surface area contributed by atoms with Crippen LogP contribution in [0.2, 0.25) is 0 Å². The number of carbonyl (C=O) groups is 2. The number of benzene rings is 3. The summed E-state index contributed by atoms with van der Waals surface area (Å²) in [5.41, 5.74) is 2.57. The Morgan fingerprint density at radius 1 is 1.04 bits per heavy atom. The molecule has 10 heteroatoms. The molecular weight excluding hydrogens is 592 g/mol. The first-order chi connectivity index (χ1) is 21.8. The van der Waals surface area contributed by atoms with Crippen molar-refractivity contribution in [2.45, 2.75) is 58.6 Å². The van der Waals surface area contributed by atoms with E-state index >= 15 is 0 Å². The van der Waals surface area contributed by atoms with Crippen LogP contribution in [0.15, 0.2) is 60.2 Å². The van der Waals surface area contributed by atoms with Gasteiger partial charge < -0.3 is 24.1 Å². The van der Waals surface area contributed by atoms with Crippen molar-refractivity contribution in [2.24, 2.45) is 0 Å². The van der Waals surface area contributed by atoms with Crippen molar-refractivity contribution >= 4 is 44.1 Å². The number of aliphatic hydroxyl groups excluding tert-OH is 1. The van der Waals surface area contributed by atoms with Gasteiger partial charge in [0.1, 0.15) is 23.4 Å². The zero-order valence-corrected chi connectivity index (χ0v) is 26.6. The summed E-state index contributed by atoms with van der Waals surface area (Å²) >= 11 is 1.28. The van der Waals surface area contributed by atoms with Crippen molar-refractivity contribution in [3.63, 3.8) is 0 Å².